The monoisotopic (exact) mass is 300 g/mol. The standard InChI is InChI=1S/C17H20N2OS/c1-18(15-6-3-2-4-7-15)17(20)12-19-10-5-8-16(19)14-9-11-21-13-14/h2-4,6-7,9,11,13,16H,5,8,10,12H2,1H3. The number of para-hydroxylation sites is 1. The highest BCUT2D eigenvalue weighted by atomic mass is 32.1. The minimum atomic E-state index is 0.156. The highest BCUT2D eigenvalue weighted by molar-refractivity contribution is 7.07. The summed E-state index contributed by atoms with van der Waals surface area (Å²) < 4.78 is 0. The number of likely N-dealkylation sites (tertiary alicyclic amines) is 1. The Bertz CT molecular complexity index is 582. The lowest BCUT2D eigenvalue weighted by Crippen LogP contribution is -2.38. The molecule has 0 saturated carbocycles. The first-order valence-electron chi connectivity index (χ1n) is 7.33. The van der Waals surface area contributed by atoms with Crippen LogP contribution in [0.1, 0.15) is 24.4 Å². The summed E-state index contributed by atoms with van der Waals surface area (Å²) >= 11 is 1.73. The van der Waals surface area contributed by atoms with Crippen molar-refractivity contribution in [2.75, 3.05) is 25.0 Å². The summed E-state index contributed by atoms with van der Waals surface area (Å²) in [6, 6.07) is 12.4. The second kappa shape index (κ2) is 6.41. The van der Waals surface area contributed by atoms with Crippen molar-refractivity contribution in [3.8, 4) is 0 Å². The van der Waals surface area contributed by atoms with Gasteiger partial charge in [-0.1, -0.05) is 18.2 Å². The summed E-state index contributed by atoms with van der Waals surface area (Å²) in [5.41, 5.74) is 2.31. The van der Waals surface area contributed by atoms with E-state index >= 15 is 0 Å². The molecule has 0 radical (unpaired) electrons. The maximum Gasteiger partial charge on any atom is 0.240 e. The largest absolute Gasteiger partial charge is 0.314 e. The van der Waals surface area contributed by atoms with E-state index in [1.807, 2.05) is 37.4 Å². The number of likely N-dealkylation sites (N-methyl/N-ethyl adjacent to an activating group) is 1. The van der Waals surface area contributed by atoms with Gasteiger partial charge >= 0.3 is 0 Å². The van der Waals surface area contributed by atoms with Crippen LogP contribution >= 0.6 is 11.3 Å². The van der Waals surface area contributed by atoms with Crippen molar-refractivity contribution < 1.29 is 4.79 Å². The summed E-state index contributed by atoms with van der Waals surface area (Å²) in [6.07, 6.45) is 2.32. The van der Waals surface area contributed by atoms with Gasteiger partial charge in [-0.2, -0.15) is 11.3 Å². The Hall–Kier alpha value is -1.65. The van der Waals surface area contributed by atoms with Crippen LogP contribution in [0.3, 0.4) is 0 Å². The SMILES string of the molecule is CN(C(=O)CN1CCCC1c1ccsc1)c1ccccc1. The molecule has 1 aromatic heterocycles. The fraction of sp³-hybridized carbons (Fsp3) is 0.353. The normalized spacial score (nSPS) is 18.8. The number of hydrogen-bond acceptors (Lipinski definition) is 3. The molecule has 2 aromatic rings. The fourth-order valence-corrected chi connectivity index (χ4v) is 3.64. The molecule has 0 spiro atoms. The lowest BCUT2D eigenvalue weighted by Gasteiger charge is -2.26. The number of hydrogen-bond donors (Lipinski definition) is 0. The average molecular weight is 300 g/mol. The molecule has 1 aromatic carbocycles. The number of benzene rings is 1. The van der Waals surface area contributed by atoms with Crippen molar-refractivity contribution in [2.24, 2.45) is 0 Å². The number of anilines is 1. The molecule has 1 aliphatic rings. The molecule has 1 unspecified atom stereocenters. The van der Waals surface area contributed by atoms with Crippen molar-refractivity contribution in [2.45, 2.75) is 18.9 Å². The lowest BCUT2D eigenvalue weighted by atomic mass is 10.1. The highest BCUT2D eigenvalue weighted by Gasteiger charge is 2.28. The summed E-state index contributed by atoms with van der Waals surface area (Å²) in [7, 11) is 1.85. The molecule has 2 heterocycles. The van der Waals surface area contributed by atoms with Gasteiger partial charge in [0.05, 0.1) is 6.54 Å². The fourth-order valence-electron chi connectivity index (χ4n) is 2.93. The molecule has 3 rings (SSSR count). The molecule has 110 valence electrons. The smallest absolute Gasteiger partial charge is 0.240 e. The van der Waals surface area contributed by atoms with Gasteiger partial charge < -0.3 is 4.90 Å². The molecule has 21 heavy (non-hydrogen) atoms. The minimum Gasteiger partial charge on any atom is -0.314 e. The molecule has 0 aliphatic carbocycles. The Morgan fingerprint density at radius 3 is 2.86 bits per heavy atom. The number of carbonyl (C=O) groups is 1. The third-order valence-electron chi connectivity index (χ3n) is 4.15. The molecular weight excluding hydrogens is 280 g/mol. The van der Waals surface area contributed by atoms with Gasteiger partial charge in [-0.3, -0.25) is 9.69 Å². The van der Waals surface area contributed by atoms with E-state index in [2.05, 4.69) is 21.7 Å². The summed E-state index contributed by atoms with van der Waals surface area (Å²) in [5.74, 6) is 0.156. The van der Waals surface area contributed by atoms with Gasteiger partial charge in [-0.25, -0.2) is 0 Å². The van der Waals surface area contributed by atoms with Crippen LogP contribution in [-0.2, 0) is 4.79 Å². The second-order valence-corrected chi connectivity index (χ2v) is 6.25. The van der Waals surface area contributed by atoms with Gasteiger partial charge in [-0.05, 0) is 53.9 Å². The van der Waals surface area contributed by atoms with Crippen molar-refractivity contribution in [1.82, 2.24) is 4.90 Å². The molecule has 1 fully saturated rings. The molecule has 0 bridgehead atoms. The number of rotatable bonds is 4. The molecule has 1 saturated heterocycles. The number of thiophene rings is 1. The van der Waals surface area contributed by atoms with Crippen LogP contribution in [0.2, 0.25) is 0 Å². The van der Waals surface area contributed by atoms with E-state index in [1.54, 1.807) is 16.2 Å². The van der Waals surface area contributed by atoms with Crippen LogP contribution < -0.4 is 4.90 Å². The molecule has 3 nitrogen and oxygen atoms in total. The van der Waals surface area contributed by atoms with Crippen LogP contribution in [-0.4, -0.2) is 30.9 Å². The third-order valence-corrected chi connectivity index (χ3v) is 4.85. The Morgan fingerprint density at radius 1 is 1.33 bits per heavy atom. The van der Waals surface area contributed by atoms with Crippen molar-refractivity contribution in [3.63, 3.8) is 0 Å². The Morgan fingerprint density at radius 2 is 2.14 bits per heavy atom. The maximum absolute atomic E-state index is 12.5. The predicted octanol–water partition coefficient (Wildman–Crippen LogP) is 3.55. The van der Waals surface area contributed by atoms with Gasteiger partial charge in [0.1, 0.15) is 0 Å². The number of amides is 1. The molecule has 1 aliphatic heterocycles. The summed E-state index contributed by atoms with van der Waals surface area (Å²) in [4.78, 5) is 16.6. The van der Waals surface area contributed by atoms with E-state index in [0.717, 1.165) is 18.7 Å². The zero-order valence-corrected chi connectivity index (χ0v) is 13.1. The van der Waals surface area contributed by atoms with Gasteiger partial charge in [0, 0.05) is 18.8 Å². The van der Waals surface area contributed by atoms with Gasteiger partial charge in [0.15, 0.2) is 0 Å². The van der Waals surface area contributed by atoms with Crippen LogP contribution in [0.25, 0.3) is 0 Å². The van der Waals surface area contributed by atoms with Gasteiger partial charge in [0.25, 0.3) is 0 Å². The van der Waals surface area contributed by atoms with Gasteiger partial charge in [0.2, 0.25) is 5.91 Å². The van der Waals surface area contributed by atoms with E-state index in [1.165, 1.54) is 12.0 Å². The Kier molecular flexibility index (Phi) is 4.36. The summed E-state index contributed by atoms with van der Waals surface area (Å²) in [6.45, 7) is 1.50. The van der Waals surface area contributed by atoms with Crippen LogP contribution in [0.15, 0.2) is 47.2 Å². The molecule has 1 atom stereocenters. The Balaban J connectivity index is 1.67. The summed E-state index contributed by atoms with van der Waals surface area (Å²) in [5, 5.41) is 4.32. The second-order valence-electron chi connectivity index (χ2n) is 5.47. The Labute approximate surface area is 129 Å². The number of carbonyl (C=O) groups excluding carboxylic acids is 1. The van der Waals surface area contributed by atoms with E-state index in [9.17, 15) is 4.79 Å². The predicted molar refractivity (Wildman–Crippen MR) is 87.7 cm³/mol. The average Bonchev–Trinajstić information content (AvgIpc) is 3.18. The molecule has 4 heteroatoms. The van der Waals surface area contributed by atoms with E-state index in [-0.39, 0.29) is 5.91 Å². The first-order chi connectivity index (χ1) is 10.3. The van der Waals surface area contributed by atoms with Crippen molar-refractivity contribution in [3.05, 3.63) is 52.7 Å². The third kappa shape index (κ3) is 3.17. The molecule has 0 N–H and O–H groups in total. The van der Waals surface area contributed by atoms with E-state index < -0.39 is 0 Å². The number of nitrogens with zero attached hydrogens (tertiary/aromatic N) is 2. The lowest BCUT2D eigenvalue weighted by molar-refractivity contribution is -0.119. The first-order valence-corrected chi connectivity index (χ1v) is 8.28. The van der Waals surface area contributed by atoms with Crippen molar-refractivity contribution >= 4 is 22.9 Å². The minimum absolute atomic E-state index is 0.156. The van der Waals surface area contributed by atoms with Crippen LogP contribution in [0.5, 0.6) is 0 Å². The molecule has 1 amide bonds. The quantitative estimate of drug-likeness (QED) is 0.862. The molecular formula is C17H20N2OS. The van der Waals surface area contributed by atoms with Crippen LogP contribution in [0.4, 0.5) is 5.69 Å². The van der Waals surface area contributed by atoms with Crippen molar-refractivity contribution in [1.29, 1.82) is 0 Å². The van der Waals surface area contributed by atoms with Crippen LogP contribution in [0, 0.1) is 0 Å². The zero-order chi connectivity index (χ0) is 14.7. The topological polar surface area (TPSA) is 23.6 Å². The maximum atomic E-state index is 12.5. The van der Waals surface area contributed by atoms with Gasteiger partial charge in [-0.15, -0.1) is 0 Å². The van der Waals surface area contributed by atoms with E-state index in [4.69, 9.17) is 0 Å². The first kappa shape index (κ1) is 14.3. The zero-order valence-electron chi connectivity index (χ0n) is 12.2. The highest BCUT2D eigenvalue weighted by Crippen LogP contribution is 2.32. The van der Waals surface area contributed by atoms with E-state index in [0.29, 0.717) is 12.6 Å².